The average Bonchev–Trinajstić information content (AvgIpc) is 3.11. The quantitative estimate of drug-likeness (QED) is 0.664. The van der Waals surface area contributed by atoms with Gasteiger partial charge in [-0.25, -0.2) is 8.78 Å². The molecule has 5 rings (SSSR count). The second-order valence-electron chi connectivity index (χ2n) is 9.15. The van der Waals surface area contributed by atoms with Gasteiger partial charge in [0.1, 0.15) is 17.7 Å². The number of carbonyl (C=O) groups excluding carboxylic acids is 3. The van der Waals surface area contributed by atoms with Gasteiger partial charge in [-0.3, -0.25) is 29.4 Å². The van der Waals surface area contributed by atoms with Crippen molar-refractivity contribution < 1.29 is 23.2 Å². The summed E-state index contributed by atoms with van der Waals surface area (Å²) >= 11 is 0. The normalized spacial score (nSPS) is 21.6. The highest BCUT2D eigenvalue weighted by atomic mass is 19.1. The Morgan fingerprint density at radius 3 is 2.50 bits per heavy atom. The zero-order valence-corrected chi connectivity index (χ0v) is 18.4. The third kappa shape index (κ3) is 4.13. The van der Waals surface area contributed by atoms with Crippen LogP contribution in [0.3, 0.4) is 0 Å². The first kappa shape index (κ1) is 22.4. The minimum Gasteiger partial charge on any atom is -0.326 e. The van der Waals surface area contributed by atoms with Crippen LogP contribution in [0.5, 0.6) is 0 Å². The number of hydrogen-bond acceptors (Lipinski definition) is 5. The number of piperidine rings is 2. The van der Waals surface area contributed by atoms with Crippen molar-refractivity contribution in [3.8, 4) is 0 Å². The molecular formula is C24H24F2N4O4. The van der Waals surface area contributed by atoms with Gasteiger partial charge < -0.3 is 9.88 Å². The first-order valence-electron chi connectivity index (χ1n) is 11.4. The molecule has 0 bridgehead atoms. The van der Waals surface area contributed by atoms with E-state index in [-0.39, 0.29) is 42.3 Å². The number of pyridine rings is 1. The molecule has 4 heterocycles. The highest BCUT2D eigenvalue weighted by molar-refractivity contribution is 6.05. The maximum Gasteiger partial charge on any atom is 0.255 e. The highest BCUT2D eigenvalue weighted by Crippen LogP contribution is 2.35. The largest absolute Gasteiger partial charge is 0.326 e. The lowest BCUT2D eigenvalue weighted by molar-refractivity contribution is -0.136. The molecule has 1 aromatic heterocycles. The van der Waals surface area contributed by atoms with Gasteiger partial charge in [0.25, 0.3) is 11.5 Å². The maximum atomic E-state index is 15.0. The standard InChI is InChI=1S/C24H24F2N4O4/c25-16-7-15(22(32)27-10-16)11-29-5-3-13(4-6-29)17-8-14-12-30(24(34)18(14)9-19(17)26)20-1-2-21(31)28-23(20)33/h7-10,13,20H,1-6,11-12H2,(H,27,32)(H,28,31,33). The van der Waals surface area contributed by atoms with Gasteiger partial charge in [-0.1, -0.05) is 6.07 Å². The van der Waals surface area contributed by atoms with Gasteiger partial charge >= 0.3 is 0 Å². The molecule has 3 aliphatic heterocycles. The van der Waals surface area contributed by atoms with Crippen molar-refractivity contribution in [1.82, 2.24) is 20.1 Å². The van der Waals surface area contributed by atoms with Gasteiger partial charge in [0.05, 0.1) is 0 Å². The first-order chi connectivity index (χ1) is 16.3. The van der Waals surface area contributed by atoms with E-state index in [0.717, 1.165) is 6.20 Å². The summed E-state index contributed by atoms with van der Waals surface area (Å²) in [5, 5.41) is 2.26. The van der Waals surface area contributed by atoms with Crippen LogP contribution in [-0.4, -0.2) is 51.6 Å². The van der Waals surface area contributed by atoms with E-state index in [0.29, 0.717) is 49.2 Å². The molecule has 3 amide bonds. The molecule has 1 atom stereocenters. The highest BCUT2D eigenvalue weighted by Gasteiger charge is 2.40. The SMILES string of the molecule is O=C1CCC(N2Cc3cc(C4CCN(Cc5cc(F)c[nH]c5=O)CC4)c(F)cc3C2=O)C(=O)N1. The lowest BCUT2D eigenvalue weighted by Gasteiger charge is -2.32. The van der Waals surface area contributed by atoms with Crippen LogP contribution in [0, 0.1) is 11.6 Å². The van der Waals surface area contributed by atoms with Crippen LogP contribution in [0.1, 0.15) is 58.6 Å². The van der Waals surface area contributed by atoms with Crippen molar-refractivity contribution >= 4 is 17.7 Å². The Bertz CT molecular complexity index is 1240. The molecule has 34 heavy (non-hydrogen) atoms. The number of hydrogen-bond donors (Lipinski definition) is 2. The maximum absolute atomic E-state index is 15.0. The van der Waals surface area contributed by atoms with E-state index in [1.54, 1.807) is 6.07 Å². The monoisotopic (exact) mass is 470 g/mol. The number of likely N-dealkylation sites (tertiary alicyclic amines) is 1. The first-order valence-corrected chi connectivity index (χ1v) is 11.4. The predicted molar refractivity (Wildman–Crippen MR) is 117 cm³/mol. The van der Waals surface area contributed by atoms with Crippen molar-refractivity contribution in [3.05, 3.63) is 68.6 Å². The Hall–Kier alpha value is -3.40. The van der Waals surface area contributed by atoms with E-state index >= 15 is 4.39 Å². The van der Waals surface area contributed by atoms with E-state index in [9.17, 15) is 23.6 Å². The lowest BCUT2D eigenvalue weighted by Crippen LogP contribution is -2.52. The van der Waals surface area contributed by atoms with Gasteiger partial charge in [-0.05, 0) is 61.5 Å². The van der Waals surface area contributed by atoms with Gasteiger partial charge in [0, 0.05) is 36.8 Å². The van der Waals surface area contributed by atoms with Gasteiger partial charge in [-0.15, -0.1) is 0 Å². The number of nitrogens with zero attached hydrogens (tertiary/aromatic N) is 2. The number of H-pyrrole nitrogens is 1. The summed E-state index contributed by atoms with van der Waals surface area (Å²) in [6.07, 6.45) is 2.77. The number of benzene rings is 1. The van der Waals surface area contributed by atoms with Crippen molar-refractivity contribution in [3.63, 3.8) is 0 Å². The van der Waals surface area contributed by atoms with Gasteiger partial charge in [-0.2, -0.15) is 0 Å². The zero-order valence-electron chi connectivity index (χ0n) is 18.4. The molecule has 2 aromatic rings. The number of aromatic amines is 1. The second-order valence-corrected chi connectivity index (χ2v) is 9.15. The van der Waals surface area contributed by atoms with Crippen molar-refractivity contribution in [2.75, 3.05) is 13.1 Å². The predicted octanol–water partition coefficient (Wildman–Crippen LogP) is 1.79. The topological polar surface area (TPSA) is 103 Å². The van der Waals surface area contributed by atoms with Crippen molar-refractivity contribution in [1.29, 1.82) is 0 Å². The van der Waals surface area contributed by atoms with E-state index < -0.39 is 29.5 Å². The van der Waals surface area contributed by atoms with Crippen LogP contribution >= 0.6 is 0 Å². The Kier molecular flexibility index (Phi) is 5.76. The van der Waals surface area contributed by atoms with E-state index in [4.69, 9.17) is 0 Å². The van der Waals surface area contributed by atoms with Crippen LogP contribution < -0.4 is 10.9 Å². The summed E-state index contributed by atoms with van der Waals surface area (Å²) in [6.45, 7) is 1.77. The average molecular weight is 470 g/mol. The Morgan fingerprint density at radius 1 is 1.00 bits per heavy atom. The molecule has 1 unspecified atom stereocenters. The fraction of sp³-hybridized carbons (Fsp3) is 0.417. The smallest absolute Gasteiger partial charge is 0.255 e. The molecule has 1 aromatic carbocycles. The van der Waals surface area contributed by atoms with Crippen LogP contribution in [-0.2, 0) is 22.7 Å². The van der Waals surface area contributed by atoms with Crippen LogP contribution in [0.15, 0.2) is 29.2 Å². The molecule has 0 radical (unpaired) electrons. The van der Waals surface area contributed by atoms with Crippen LogP contribution in [0.2, 0.25) is 0 Å². The molecule has 2 N–H and O–H groups in total. The molecule has 0 aliphatic carbocycles. The number of imide groups is 1. The fourth-order valence-electron chi connectivity index (χ4n) is 5.18. The summed E-state index contributed by atoms with van der Waals surface area (Å²) < 4.78 is 28.5. The lowest BCUT2D eigenvalue weighted by atomic mass is 9.87. The second kappa shape index (κ2) is 8.75. The van der Waals surface area contributed by atoms with E-state index in [1.165, 1.54) is 17.0 Å². The van der Waals surface area contributed by atoms with Crippen molar-refractivity contribution in [2.24, 2.45) is 0 Å². The summed E-state index contributed by atoms with van der Waals surface area (Å²) in [7, 11) is 0. The summed E-state index contributed by atoms with van der Waals surface area (Å²) in [4.78, 5) is 54.3. The molecule has 2 fully saturated rings. The molecule has 8 nitrogen and oxygen atoms in total. The molecule has 10 heteroatoms. The molecule has 2 saturated heterocycles. The fourth-order valence-corrected chi connectivity index (χ4v) is 5.18. The molecule has 0 spiro atoms. The number of amides is 3. The minimum atomic E-state index is -0.738. The molecule has 178 valence electrons. The Labute approximate surface area is 193 Å². The number of nitrogens with one attached hydrogen (secondary N) is 2. The van der Waals surface area contributed by atoms with Gasteiger partial charge in [0.2, 0.25) is 11.8 Å². The number of aromatic nitrogens is 1. The summed E-state index contributed by atoms with van der Waals surface area (Å²) in [6, 6.07) is 3.48. The number of halogens is 2. The molecule has 3 aliphatic rings. The van der Waals surface area contributed by atoms with E-state index in [2.05, 4.69) is 10.3 Å². The third-order valence-electron chi connectivity index (χ3n) is 7.01. The number of rotatable bonds is 4. The molecule has 0 saturated carbocycles. The van der Waals surface area contributed by atoms with E-state index in [1.807, 2.05) is 4.90 Å². The molecular weight excluding hydrogens is 446 g/mol. The van der Waals surface area contributed by atoms with Crippen molar-refractivity contribution in [2.45, 2.75) is 50.7 Å². The third-order valence-corrected chi connectivity index (χ3v) is 7.01. The number of carbonyl (C=O) groups is 3. The Balaban J connectivity index is 1.28. The van der Waals surface area contributed by atoms with Gasteiger partial charge in [0.15, 0.2) is 0 Å². The summed E-state index contributed by atoms with van der Waals surface area (Å²) in [5.41, 5.74) is 1.51. The zero-order chi connectivity index (χ0) is 24.0. The van der Waals surface area contributed by atoms with Crippen LogP contribution in [0.4, 0.5) is 8.78 Å². The van der Waals surface area contributed by atoms with Crippen LogP contribution in [0.25, 0.3) is 0 Å². The summed E-state index contributed by atoms with van der Waals surface area (Å²) in [5.74, 6) is -2.24. The Morgan fingerprint density at radius 2 is 1.76 bits per heavy atom. The number of fused-ring (bicyclic) bond motifs is 1. The minimum absolute atomic E-state index is 0.0490.